The topological polar surface area (TPSA) is 146 Å². The van der Waals surface area contributed by atoms with E-state index in [0.29, 0.717) is 44.7 Å². The summed E-state index contributed by atoms with van der Waals surface area (Å²) in [4.78, 5) is 0. The number of ether oxygens (including phenoxy) is 2. The molecule has 2 N–H and O–H groups in total. The Hall–Kier alpha value is -4.82. The molecular weight excluding hydrogens is 657 g/mol. The van der Waals surface area contributed by atoms with Gasteiger partial charge in [0, 0.05) is 21.7 Å². The van der Waals surface area contributed by atoms with Crippen molar-refractivity contribution in [2.75, 3.05) is 14.2 Å². The highest BCUT2D eigenvalue weighted by atomic mass is 32.3. The molecule has 0 saturated carbocycles. The van der Waals surface area contributed by atoms with Crippen molar-refractivity contribution in [3.05, 3.63) is 107 Å². The van der Waals surface area contributed by atoms with Gasteiger partial charge in [0.1, 0.15) is 23.7 Å². The monoisotopic (exact) mass is 680 g/mol. The summed E-state index contributed by atoms with van der Waals surface area (Å²) in [6.07, 6.45) is -2.24. The fraction of sp³-hybridized carbons (Fsp3) is 0.111. The Kier molecular flexibility index (Phi) is 6.02. The first kappa shape index (κ1) is 29.3. The summed E-state index contributed by atoms with van der Waals surface area (Å²) in [5.74, 6) is 1.08. The molecule has 0 bridgehead atoms. The van der Waals surface area contributed by atoms with Gasteiger partial charge in [0.15, 0.2) is 0 Å². The van der Waals surface area contributed by atoms with Gasteiger partial charge in [-0.15, -0.1) is 0 Å². The van der Waals surface area contributed by atoms with Crippen LogP contribution in [0.15, 0.2) is 84.9 Å². The fourth-order valence-corrected chi connectivity index (χ4v) is 8.90. The first-order valence-electron chi connectivity index (χ1n) is 14.8. The molecule has 0 radical (unpaired) electrons. The molecule has 0 fully saturated rings. The second kappa shape index (κ2) is 9.86. The van der Waals surface area contributed by atoms with Gasteiger partial charge in [-0.05, 0) is 78.0 Å². The molecule has 12 heteroatoms. The highest BCUT2D eigenvalue weighted by molar-refractivity contribution is 7.81. The maximum atomic E-state index is 12.2. The summed E-state index contributed by atoms with van der Waals surface area (Å²) in [7, 11) is -6.56. The molecule has 7 aromatic rings. The minimum atomic E-state index is -4.86. The number of rotatable bonds is 6. The zero-order chi connectivity index (χ0) is 33.3. The van der Waals surface area contributed by atoms with Crippen molar-refractivity contribution in [2.45, 2.75) is 12.2 Å². The van der Waals surface area contributed by atoms with Crippen molar-refractivity contribution < 1.29 is 43.8 Å². The number of methoxy groups -OCH3 is 2. The Bertz CT molecular complexity index is 2770. The van der Waals surface area contributed by atoms with Gasteiger partial charge < -0.3 is 9.47 Å². The highest BCUT2D eigenvalue weighted by Crippen LogP contribution is 2.58. The van der Waals surface area contributed by atoms with E-state index in [-0.39, 0.29) is 0 Å². The van der Waals surface area contributed by atoms with Gasteiger partial charge in [-0.3, -0.25) is 9.11 Å². The molecule has 240 valence electrons. The third kappa shape index (κ3) is 3.98. The van der Waals surface area contributed by atoms with Crippen molar-refractivity contribution in [1.82, 2.24) is 0 Å². The Labute approximate surface area is 274 Å². The molecule has 0 spiro atoms. The first-order chi connectivity index (χ1) is 23.0. The minimum absolute atomic E-state index is 0.526. The van der Waals surface area contributed by atoms with Gasteiger partial charge in [-0.2, -0.15) is 16.8 Å². The first-order valence-corrected chi connectivity index (χ1v) is 17.6. The normalized spacial score (nSPS) is 16.8. The number of benzene rings is 7. The summed E-state index contributed by atoms with van der Waals surface area (Å²) in [5.41, 5.74) is 5.21. The SMILES string of the molecule is COc1cc2c3c(OC)cc4c5c(ccc(c6ccc7c(c1-c1ccccc1C7OS(=O)(=O)O)c62)c53)C(OS(=O)(=O)O)c1ccccc1-4. The molecule has 48 heavy (non-hydrogen) atoms. The van der Waals surface area contributed by atoms with E-state index in [1.54, 1.807) is 44.6 Å². The number of fused-ring (bicyclic) bond motifs is 6. The molecule has 0 heterocycles. The van der Waals surface area contributed by atoms with Gasteiger partial charge in [0.25, 0.3) is 0 Å². The Morgan fingerprint density at radius 3 is 1.65 bits per heavy atom. The van der Waals surface area contributed by atoms with Crippen molar-refractivity contribution >= 4 is 63.9 Å². The lowest BCUT2D eigenvalue weighted by Gasteiger charge is -2.32. The van der Waals surface area contributed by atoms with E-state index < -0.39 is 33.0 Å². The molecule has 0 aliphatic heterocycles. The molecule has 0 saturated heterocycles. The third-order valence-electron chi connectivity index (χ3n) is 9.60. The largest absolute Gasteiger partial charge is 0.496 e. The van der Waals surface area contributed by atoms with Crippen molar-refractivity contribution in [2.24, 2.45) is 0 Å². The predicted molar refractivity (Wildman–Crippen MR) is 181 cm³/mol. The van der Waals surface area contributed by atoms with Gasteiger partial charge in [0.05, 0.1) is 14.2 Å². The van der Waals surface area contributed by atoms with E-state index in [2.05, 4.69) is 0 Å². The molecule has 2 aliphatic carbocycles. The molecule has 10 nitrogen and oxygen atoms in total. The smallest absolute Gasteiger partial charge is 0.398 e. The molecule has 7 aromatic carbocycles. The lowest BCUT2D eigenvalue weighted by atomic mass is 9.75. The quantitative estimate of drug-likeness (QED) is 0.103. The minimum Gasteiger partial charge on any atom is -0.496 e. The summed E-state index contributed by atoms with van der Waals surface area (Å²) in [6, 6.07) is 25.8. The van der Waals surface area contributed by atoms with Gasteiger partial charge in [-0.1, -0.05) is 72.8 Å². The van der Waals surface area contributed by atoms with Crippen LogP contribution in [-0.4, -0.2) is 40.2 Å². The fourth-order valence-electron chi connectivity index (χ4n) is 8.00. The molecule has 2 unspecified atom stereocenters. The van der Waals surface area contributed by atoms with Crippen LogP contribution >= 0.6 is 0 Å². The zero-order valence-electron chi connectivity index (χ0n) is 25.2. The highest BCUT2D eigenvalue weighted by Gasteiger charge is 2.37. The van der Waals surface area contributed by atoms with Crippen molar-refractivity contribution in [3.8, 4) is 33.8 Å². The van der Waals surface area contributed by atoms with E-state index >= 15 is 0 Å². The zero-order valence-corrected chi connectivity index (χ0v) is 26.8. The van der Waals surface area contributed by atoms with Crippen LogP contribution in [-0.2, 0) is 29.2 Å². The summed E-state index contributed by atoms with van der Waals surface area (Å²) < 4.78 is 91.1. The summed E-state index contributed by atoms with van der Waals surface area (Å²) in [5, 5.41) is 6.17. The molecular formula is C36H24O10S2. The van der Waals surface area contributed by atoms with Crippen LogP contribution in [0.4, 0.5) is 0 Å². The second-order valence-corrected chi connectivity index (χ2v) is 14.0. The van der Waals surface area contributed by atoms with Crippen LogP contribution in [0.3, 0.4) is 0 Å². The van der Waals surface area contributed by atoms with Crippen LogP contribution in [0.2, 0.25) is 0 Å². The molecule has 2 atom stereocenters. The van der Waals surface area contributed by atoms with E-state index in [0.717, 1.165) is 54.4 Å². The van der Waals surface area contributed by atoms with Crippen LogP contribution < -0.4 is 9.47 Å². The lowest BCUT2D eigenvalue weighted by molar-refractivity contribution is 0.216. The predicted octanol–water partition coefficient (Wildman–Crippen LogP) is 7.53. The van der Waals surface area contributed by atoms with Crippen LogP contribution in [0.5, 0.6) is 11.5 Å². The van der Waals surface area contributed by atoms with E-state index in [9.17, 15) is 25.9 Å². The van der Waals surface area contributed by atoms with Gasteiger partial charge in [0.2, 0.25) is 0 Å². The van der Waals surface area contributed by atoms with Crippen molar-refractivity contribution in [3.63, 3.8) is 0 Å². The molecule has 0 amide bonds. The summed E-state index contributed by atoms with van der Waals surface area (Å²) in [6.45, 7) is 0. The van der Waals surface area contributed by atoms with Crippen LogP contribution in [0.1, 0.15) is 34.5 Å². The van der Waals surface area contributed by atoms with Gasteiger partial charge >= 0.3 is 20.8 Å². The van der Waals surface area contributed by atoms with E-state index in [1.807, 2.05) is 54.6 Å². The van der Waals surface area contributed by atoms with E-state index in [1.165, 1.54) is 0 Å². The Balaban J connectivity index is 1.51. The summed E-state index contributed by atoms with van der Waals surface area (Å²) >= 11 is 0. The molecule has 2 aliphatic rings. The van der Waals surface area contributed by atoms with Crippen LogP contribution in [0.25, 0.3) is 65.3 Å². The Morgan fingerprint density at radius 1 is 0.500 bits per heavy atom. The third-order valence-corrected chi connectivity index (χ3v) is 10.5. The van der Waals surface area contributed by atoms with Crippen molar-refractivity contribution in [1.29, 1.82) is 0 Å². The lowest BCUT2D eigenvalue weighted by Crippen LogP contribution is -2.17. The maximum absolute atomic E-state index is 12.2. The maximum Gasteiger partial charge on any atom is 0.398 e. The van der Waals surface area contributed by atoms with Gasteiger partial charge in [-0.25, -0.2) is 8.37 Å². The molecule has 0 aromatic heterocycles. The Morgan fingerprint density at radius 2 is 1.04 bits per heavy atom. The van der Waals surface area contributed by atoms with E-state index in [4.69, 9.17) is 17.8 Å². The average molecular weight is 681 g/mol. The second-order valence-electron chi connectivity index (χ2n) is 11.9. The number of hydrogen-bond donors (Lipinski definition) is 2. The standard InChI is InChI=1S/C36H24O10S2/c1-43-27-15-25-17-7-3-5-9-21(17)35(45-47(37,38)39)23-13-12-20-19-11-14-24-34-29(19)26(32(27)33(20)30(23)25)16-28(44-2)31(34)18-8-4-6-10-22(18)36(24)46-48(40,41)42/h3-16,35-36H,1-2H3,(H,37,38,39)(H,40,41,42). The molecule has 9 rings (SSSR count). The van der Waals surface area contributed by atoms with Crippen LogP contribution in [0, 0.1) is 0 Å². The average Bonchev–Trinajstić information content (AvgIpc) is 3.06. The number of hydrogen-bond acceptors (Lipinski definition) is 8.